The Kier molecular flexibility index (Phi) is 4.26. The second-order valence-corrected chi connectivity index (χ2v) is 7.78. The number of carbonyl (C=O) groups is 2. The van der Waals surface area contributed by atoms with Crippen LogP contribution in [0.4, 0.5) is 5.69 Å². The molecule has 3 rings (SSSR count). The van der Waals surface area contributed by atoms with Crippen molar-refractivity contribution in [2.45, 2.75) is 40.7 Å². The maximum atomic E-state index is 13.0. The molecule has 2 heterocycles. The Hall–Kier alpha value is -2.82. The maximum Gasteiger partial charge on any atom is 0.294 e. The number of amides is 1. The molecule has 1 amide bonds. The van der Waals surface area contributed by atoms with E-state index < -0.39 is 23.1 Å². The van der Waals surface area contributed by atoms with Crippen LogP contribution < -0.4 is 4.90 Å². The smallest absolute Gasteiger partial charge is 0.294 e. The highest BCUT2D eigenvalue weighted by molar-refractivity contribution is 6.17. The van der Waals surface area contributed by atoms with Gasteiger partial charge in [0.2, 0.25) is 0 Å². The molecule has 1 unspecified atom stereocenters. The number of rotatable bonds is 3. The fourth-order valence-electron chi connectivity index (χ4n) is 3.31. The van der Waals surface area contributed by atoms with Crippen LogP contribution >= 0.6 is 0 Å². The summed E-state index contributed by atoms with van der Waals surface area (Å²) in [6, 6.07) is 8.35. The van der Waals surface area contributed by atoms with E-state index in [-0.39, 0.29) is 11.4 Å². The zero-order chi connectivity index (χ0) is 19.2. The molecule has 0 bridgehead atoms. The first kappa shape index (κ1) is 18.0. The van der Waals surface area contributed by atoms with Gasteiger partial charge in [-0.3, -0.25) is 14.5 Å². The molecule has 0 spiro atoms. The standard InChI is InChI=1S/C21H23NO4/c1-12-9-13(2)11-14(10-12)22-17(15-7-6-8-26-15)16(18(23)20(22)25)19(24)21(3,4)5/h6-11,17,23H,1-5H3. The third-order valence-corrected chi connectivity index (χ3v) is 4.43. The number of aryl methyl sites for hydroxylation is 2. The van der Waals surface area contributed by atoms with Gasteiger partial charge in [-0.15, -0.1) is 0 Å². The fourth-order valence-corrected chi connectivity index (χ4v) is 3.31. The number of nitrogens with zero attached hydrogens (tertiary/aromatic N) is 1. The molecule has 1 atom stereocenters. The molecule has 5 heteroatoms. The van der Waals surface area contributed by atoms with Crippen LogP contribution in [-0.4, -0.2) is 16.8 Å². The van der Waals surface area contributed by atoms with Gasteiger partial charge < -0.3 is 9.52 Å². The first-order valence-electron chi connectivity index (χ1n) is 8.54. The summed E-state index contributed by atoms with van der Waals surface area (Å²) in [4.78, 5) is 27.3. The average molecular weight is 353 g/mol. The van der Waals surface area contributed by atoms with Gasteiger partial charge in [0.15, 0.2) is 11.5 Å². The lowest BCUT2D eigenvalue weighted by Crippen LogP contribution is -2.32. The quantitative estimate of drug-likeness (QED) is 0.887. The van der Waals surface area contributed by atoms with Crippen molar-refractivity contribution in [3.63, 3.8) is 0 Å². The Bertz CT molecular complexity index is 880. The Morgan fingerprint density at radius 1 is 1.15 bits per heavy atom. The van der Waals surface area contributed by atoms with Crippen LogP contribution in [0.5, 0.6) is 0 Å². The van der Waals surface area contributed by atoms with Crippen LogP contribution in [0.15, 0.2) is 52.3 Å². The van der Waals surface area contributed by atoms with E-state index in [1.807, 2.05) is 32.0 Å². The second kappa shape index (κ2) is 6.16. The first-order chi connectivity index (χ1) is 12.1. The number of anilines is 1. The van der Waals surface area contributed by atoms with Crippen molar-refractivity contribution in [3.05, 3.63) is 64.8 Å². The van der Waals surface area contributed by atoms with Crippen molar-refractivity contribution in [1.29, 1.82) is 0 Å². The van der Waals surface area contributed by atoms with Crippen molar-refractivity contribution in [1.82, 2.24) is 0 Å². The normalized spacial score (nSPS) is 18.0. The lowest BCUT2D eigenvalue weighted by Gasteiger charge is -2.27. The van der Waals surface area contributed by atoms with Gasteiger partial charge in [0.1, 0.15) is 11.8 Å². The molecular formula is C21H23NO4. The number of furan rings is 1. The second-order valence-electron chi connectivity index (χ2n) is 7.78. The Morgan fingerprint density at radius 3 is 2.27 bits per heavy atom. The zero-order valence-corrected chi connectivity index (χ0v) is 15.7. The average Bonchev–Trinajstić information content (AvgIpc) is 3.12. The van der Waals surface area contributed by atoms with Gasteiger partial charge in [0, 0.05) is 11.1 Å². The minimum absolute atomic E-state index is 0.0802. The lowest BCUT2D eigenvalue weighted by atomic mass is 9.83. The van der Waals surface area contributed by atoms with Crippen molar-refractivity contribution in [2.75, 3.05) is 4.90 Å². The third-order valence-electron chi connectivity index (χ3n) is 4.43. The van der Waals surface area contributed by atoms with Crippen molar-refractivity contribution >= 4 is 17.4 Å². The van der Waals surface area contributed by atoms with Gasteiger partial charge >= 0.3 is 0 Å². The van der Waals surface area contributed by atoms with Crippen LogP contribution in [0.1, 0.15) is 43.7 Å². The van der Waals surface area contributed by atoms with Crippen LogP contribution in [0.25, 0.3) is 0 Å². The van der Waals surface area contributed by atoms with Gasteiger partial charge in [-0.1, -0.05) is 26.8 Å². The molecule has 1 aromatic heterocycles. The molecule has 5 nitrogen and oxygen atoms in total. The van der Waals surface area contributed by atoms with Crippen LogP contribution in [0.2, 0.25) is 0 Å². The summed E-state index contributed by atoms with van der Waals surface area (Å²) in [5.41, 5.74) is 1.93. The van der Waals surface area contributed by atoms with Gasteiger partial charge in [-0.2, -0.15) is 0 Å². The summed E-state index contributed by atoms with van der Waals surface area (Å²) in [5.74, 6) is -0.944. The molecule has 26 heavy (non-hydrogen) atoms. The molecule has 0 saturated heterocycles. The van der Waals surface area contributed by atoms with Crippen LogP contribution in [0.3, 0.4) is 0 Å². The summed E-state index contributed by atoms with van der Waals surface area (Å²) in [6.07, 6.45) is 1.49. The molecule has 0 radical (unpaired) electrons. The molecule has 2 aromatic rings. The van der Waals surface area contributed by atoms with Gasteiger partial charge in [-0.25, -0.2) is 0 Å². The minimum atomic E-state index is -0.787. The monoisotopic (exact) mass is 353 g/mol. The van der Waals surface area contributed by atoms with Crippen molar-refractivity contribution in [3.8, 4) is 0 Å². The lowest BCUT2D eigenvalue weighted by molar-refractivity contribution is -0.123. The molecule has 0 saturated carbocycles. The van der Waals surface area contributed by atoms with Crippen molar-refractivity contribution in [2.24, 2.45) is 5.41 Å². The van der Waals surface area contributed by atoms with E-state index in [1.54, 1.807) is 32.9 Å². The van der Waals surface area contributed by atoms with Crippen molar-refractivity contribution < 1.29 is 19.1 Å². The summed E-state index contributed by atoms with van der Waals surface area (Å²) in [7, 11) is 0. The Labute approximate surface area is 152 Å². The molecule has 136 valence electrons. The van der Waals surface area contributed by atoms with Crippen LogP contribution in [0, 0.1) is 19.3 Å². The molecule has 1 aromatic carbocycles. The summed E-state index contributed by atoms with van der Waals surface area (Å²) in [6.45, 7) is 9.16. The number of carbonyl (C=O) groups excluding carboxylic acids is 2. The number of benzene rings is 1. The summed E-state index contributed by atoms with van der Waals surface area (Å²) < 4.78 is 5.53. The summed E-state index contributed by atoms with van der Waals surface area (Å²) >= 11 is 0. The number of ketones is 1. The highest BCUT2D eigenvalue weighted by atomic mass is 16.3. The van der Waals surface area contributed by atoms with Gasteiger partial charge in [0.05, 0.1) is 11.8 Å². The van der Waals surface area contributed by atoms with E-state index in [0.717, 1.165) is 11.1 Å². The van der Waals surface area contributed by atoms with E-state index >= 15 is 0 Å². The van der Waals surface area contributed by atoms with E-state index in [9.17, 15) is 14.7 Å². The minimum Gasteiger partial charge on any atom is -0.503 e. The van der Waals surface area contributed by atoms with Gasteiger partial charge in [-0.05, 0) is 49.2 Å². The summed E-state index contributed by atoms with van der Waals surface area (Å²) in [5, 5.41) is 10.6. The fraction of sp³-hybridized carbons (Fsp3) is 0.333. The molecular weight excluding hydrogens is 330 g/mol. The largest absolute Gasteiger partial charge is 0.503 e. The molecule has 0 fully saturated rings. The first-order valence-corrected chi connectivity index (χ1v) is 8.54. The van der Waals surface area contributed by atoms with E-state index in [2.05, 4.69) is 0 Å². The molecule has 0 aliphatic carbocycles. The predicted octanol–water partition coefficient (Wildman–Crippen LogP) is 4.41. The number of hydrogen-bond donors (Lipinski definition) is 1. The Morgan fingerprint density at radius 2 is 1.77 bits per heavy atom. The van der Waals surface area contributed by atoms with E-state index in [0.29, 0.717) is 11.4 Å². The van der Waals surface area contributed by atoms with Crippen LogP contribution in [-0.2, 0) is 9.59 Å². The number of aliphatic hydroxyl groups excluding tert-OH is 1. The third kappa shape index (κ3) is 2.94. The number of aliphatic hydroxyl groups is 1. The molecule has 1 N–H and O–H groups in total. The highest BCUT2D eigenvalue weighted by Crippen LogP contribution is 2.43. The topological polar surface area (TPSA) is 70.8 Å². The number of hydrogen-bond acceptors (Lipinski definition) is 4. The SMILES string of the molecule is Cc1cc(C)cc(N2C(=O)C(O)=C(C(=O)C(C)(C)C)C2c2ccco2)c1. The Balaban J connectivity index is 2.20. The van der Waals surface area contributed by atoms with Gasteiger partial charge in [0.25, 0.3) is 5.91 Å². The molecule has 1 aliphatic rings. The van der Waals surface area contributed by atoms with E-state index in [4.69, 9.17) is 4.42 Å². The van der Waals surface area contributed by atoms with E-state index in [1.165, 1.54) is 11.2 Å². The number of Topliss-reactive ketones (excluding diaryl/α,β-unsaturated/α-hetero) is 1. The highest BCUT2D eigenvalue weighted by Gasteiger charge is 2.47. The maximum absolute atomic E-state index is 13.0. The molecule has 1 aliphatic heterocycles. The predicted molar refractivity (Wildman–Crippen MR) is 99.0 cm³/mol. The zero-order valence-electron chi connectivity index (χ0n) is 15.7.